The average Bonchev–Trinajstić information content (AvgIpc) is 2.90. The highest BCUT2D eigenvalue weighted by molar-refractivity contribution is 6.09. The summed E-state index contributed by atoms with van der Waals surface area (Å²) in [5.74, 6) is -0.944. The molecule has 0 atom stereocenters. The van der Waals surface area contributed by atoms with Crippen molar-refractivity contribution in [2.75, 3.05) is 0 Å². The molecule has 18 heavy (non-hydrogen) atoms. The zero-order chi connectivity index (χ0) is 12.7. The topological polar surface area (TPSA) is 58.0 Å². The Morgan fingerprint density at radius 3 is 2.89 bits per heavy atom. The molecule has 2 heterocycles. The van der Waals surface area contributed by atoms with E-state index in [0.29, 0.717) is 6.54 Å². The maximum Gasteiger partial charge on any atom is 0.352 e. The van der Waals surface area contributed by atoms with Gasteiger partial charge in [-0.15, -0.1) is 6.58 Å². The number of fused-ring (bicyclic) bond motifs is 3. The quantitative estimate of drug-likeness (QED) is 0.691. The minimum Gasteiger partial charge on any atom is -0.477 e. The van der Waals surface area contributed by atoms with E-state index in [2.05, 4.69) is 11.6 Å². The predicted molar refractivity (Wildman–Crippen MR) is 71.0 cm³/mol. The molecule has 0 aliphatic carbocycles. The number of nitrogens with zero attached hydrogens (tertiary/aromatic N) is 1. The van der Waals surface area contributed by atoms with E-state index < -0.39 is 5.97 Å². The van der Waals surface area contributed by atoms with Crippen LogP contribution in [0, 0.1) is 0 Å². The van der Waals surface area contributed by atoms with Crippen molar-refractivity contribution in [3.8, 4) is 0 Å². The maximum atomic E-state index is 11.0. The fourth-order valence-electron chi connectivity index (χ4n) is 2.35. The highest BCUT2D eigenvalue weighted by Crippen LogP contribution is 2.29. The Hall–Kier alpha value is -2.49. The van der Waals surface area contributed by atoms with Gasteiger partial charge >= 0.3 is 5.97 Å². The third-order valence-electron chi connectivity index (χ3n) is 3.09. The van der Waals surface area contributed by atoms with Crippen LogP contribution in [-0.2, 0) is 6.54 Å². The fraction of sp³-hybridized carbons (Fsp3) is 0.0714. The number of aromatic carboxylic acids is 1. The number of H-pyrrole nitrogens is 1. The molecule has 0 fully saturated rings. The van der Waals surface area contributed by atoms with Crippen LogP contribution in [0.15, 0.2) is 43.0 Å². The zero-order valence-electron chi connectivity index (χ0n) is 9.68. The molecule has 3 aromatic rings. The highest BCUT2D eigenvalue weighted by atomic mass is 16.4. The second-order valence-electron chi connectivity index (χ2n) is 4.17. The molecular formula is C14H12N2O2. The number of benzene rings is 1. The monoisotopic (exact) mass is 240 g/mol. The van der Waals surface area contributed by atoms with Crippen molar-refractivity contribution in [2.45, 2.75) is 6.54 Å². The van der Waals surface area contributed by atoms with E-state index in [1.807, 2.05) is 28.8 Å². The summed E-state index contributed by atoms with van der Waals surface area (Å²) in [7, 11) is 0. The molecule has 0 spiro atoms. The molecule has 0 saturated carbocycles. The molecule has 2 N–H and O–H groups in total. The molecule has 0 aliphatic heterocycles. The summed E-state index contributed by atoms with van der Waals surface area (Å²) in [4.78, 5) is 14.0. The van der Waals surface area contributed by atoms with Crippen molar-refractivity contribution in [1.82, 2.24) is 9.55 Å². The number of rotatable bonds is 3. The van der Waals surface area contributed by atoms with E-state index in [1.165, 1.54) is 0 Å². The number of allylic oxidation sites excluding steroid dienone is 1. The summed E-state index contributed by atoms with van der Waals surface area (Å²) in [6.07, 6.45) is 1.80. The van der Waals surface area contributed by atoms with Crippen LogP contribution in [0.5, 0.6) is 0 Å². The second kappa shape index (κ2) is 3.77. The molecule has 0 bridgehead atoms. The first-order valence-electron chi connectivity index (χ1n) is 5.66. The summed E-state index contributed by atoms with van der Waals surface area (Å²) in [6.45, 7) is 4.38. The van der Waals surface area contributed by atoms with E-state index in [0.717, 1.165) is 21.9 Å². The molecule has 0 amide bonds. The number of aromatic nitrogens is 2. The Labute approximate surface area is 103 Å². The highest BCUT2D eigenvalue weighted by Gasteiger charge is 2.15. The molecule has 3 rings (SSSR count). The van der Waals surface area contributed by atoms with Crippen LogP contribution < -0.4 is 0 Å². The van der Waals surface area contributed by atoms with Gasteiger partial charge in [0.1, 0.15) is 11.3 Å². The number of para-hydroxylation sites is 1. The predicted octanol–water partition coefficient (Wildman–Crippen LogP) is 3.01. The number of aromatic amines is 1. The van der Waals surface area contributed by atoms with Gasteiger partial charge in [-0.2, -0.15) is 0 Å². The van der Waals surface area contributed by atoms with Gasteiger partial charge in [0.25, 0.3) is 0 Å². The summed E-state index contributed by atoms with van der Waals surface area (Å²) < 4.78 is 2.03. The third-order valence-corrected chi connectivity index (χ3v) is 3.09. The number of carboxylic acid groups (broad SMARTS) is 1. The van der Waals surface area contributed by atoms with Gasteiger partial charge in [-0.25, -0.2) is 4.79 Å². The molecule has 2 aromatic heterocycles. The van der Waals surface area contributed by atoms with Crippen LogP contribution >= 0.6 is 0 Å². The molecule has 90 valence electrons. The van der Waals surface area contributed by atoms with Crippen LogP contribution in [-0.4, -0.2) is 20.6 Å². The second-order valence-corrected chi connectivity index (χ2v) is 4.17. The number of carbonyl (C=O) groups is 1. The Kier molecular flexibility index (Phi) is 2.23. The Morgan fingerprint density at radius 2 is 2.17 bits per heavy atom. The Balaban J connectivity index is 2.43. The van der Waals surface area contributed by atoms with Crippen molar-refractivity contribution in [3.63, 3.8) is 0 Å². The van der Waals surface area contributed by atoms with Crippen LogP contribution in [0.3, 0.4) is 0 Å². The Bertz CT molecular complexity index is 765. The van der Waals surface area contributed by atoms with Crippen LogP contribution in [0.2, 0.25) is 0 Å². The van der Waals surface area contributed by atoms with E-state index in [1.54, 1.807) is 12.1 Å². The van der Waals surface area contributed by atoms with Crippen molar-refractivity contribution in [2.24, 2.45) is 0 Å². The number of nitrogens with one attached hydrogen (secondary N) is 1. The van der Waals surface area contributed by atoms with Gasteiger partial charge in [0.15, 0.2) is 0 Å². The molecule has 4 nitrogen and oxygen atoms in total. The summed E-state index contributed by atoms with van der Waals surface area (Å²) in [5, 5.41) is 11.0. The van der Waals surface area contributed by atoms with Gasteiger partial charge in [0.05, 0.1) is 5.52 Å². The van der Waals surface area contributed by atoms with Gasteiger partial charge in [-0.3, -0.25) is 0 Å². The Morgan fingerprint density at radius 1 is 1.39 bits per heavy atom. The molecule has 1 aromatic carbocycles. The van der Waals surface area contributed by atoms with Crippen LogP contribution in [0.25, 0.3) is 21.9 Å². The summed E-state index contributed by atoms with van der Waals surface area (Å²) in [5.41, 5.74) is 2.12. The third kappa shape index (κ3) is 1.35. The normalized spacial score (nSPS) is 11.1. The van der Waals surface area contributed by atoms with Crippen LogP contribution in [0.1, 0.15) is 10.5 Å². The lowest BCUT2D eigenvalue weighted by Gasteiger charge is -2.02. The van der Waals surface area contributed by atoms with E-state index >= 15 is 0 Å². The maximum absolute atomic E-state index is 11.0. The van der Waals surface area contributed by atoms with Gasteiger partial charge in [0.2, 0.25) is 0 Å². The number of hydrogen-bond donors (Lipinski definition) is 2. The first-order chi connectivity index (χ1) is 8.72. The minimum atomic E-state index is -0.944. The lowest BCUT2D eigenvalue weighted by atomic mass is 10.2. The first kappa shape index (κ1) is 10.7. The molecule has 0 aliphatic rings. The SMILES string of the molecule is C=CCn1c2ccccc2c2cc(C(=O)O)[nH]c21. The van der Waals surface area contributed by atoms with Gasteiger partial charge in [0, 0.05) is 17.3 Å². The molecular weight excluding hydrogens is 228 g/mol. The standard InChI is InChI=1S/C14H12N2O2/c1-2-7-16-12-6-4-3-5-9(12)10-8-11(14(17)18)15-13(10)16/h2-6,8,15H,1,7H2,(H,17,18). The first-order valence-corrected chi connectivity index (χ1v) is 5.66. The van der Waals surface area contributed by atoms with Gasteiger partial charge in [-0.05, 0) is 12.1 Å². The molecule has 4 heteroatoms. The number of carboxylic acids is 1. The molecule has 0 radical (unpaired) electrons. The van der Waals surface area contributed by atoms with E-state index in [-0.39, 0.29) is 5.69 Å². The summed E-state index contributed by atoms with van der Waals surface area (Å²) in [6, 6.07) is 9.62. The van der Waals surface area contributed by atoms with Gasteiger partial charge in [-0.1, -0.05) is 24.3 Å². The lowest BCUT2D eigenvalue weighted by molar-refractivity contribution is 0.0691. The lowest BCUT2D eigenvalue weighted by Crippen LogP contribution is -1.98. The summed E-state index contributed by atoms with van der Waals surface area (Å²) >= 11 is 0. The minimum absolute atomic E-state index is 0.212. The van der Waals surface area contributed by atoms with Crippen molar-refractivity contribution in [3.05, 3.63) is 48.7 Å². The largest absolute Gasteiger partial charge is 0.477 e. The van der Waals surface area contributed by atoms with Crippen molar-refractivity contribution >= 4 is 27.9 Å². The number of hydrogen-bond acceptors (Lipinski definition) is 1. The fourth-order valence-corrected chi connectivity index (χ4v) is 2.35. The zero-order valence-corrected chi connectivity index (χ0v) is 9.68. The molecule has 0 saturated heterocycles. The van der Waals surface area contributed by atoms with E-state index in [4.69, 9.17) is 5.11 Å². The average molecular weight is 240 g/mol. The van der Waals surface area contributed by atoms with Crippen LogP contribution in [0.4, 0.5) is 0 Å². The van der Waals surface area contributed by atoms with Gasteiger partial charge < -0.3 is 14.7 Å². The van der Waals surface area contributed by atoms with Crippen molar-refractivity contribution in [1.29, 1.82) is 0 Å². The molecule has 0 unspecified atom stereocenters. The smallest absolute Gasteiger partial charge is 0.352 e. The van der Waals surface area contributed by atoms with Crippen molar-refractivity contribution < 1.29 is 9.90 Å². The van der Waals surface area contributed by atoms with E-state index in [9.17, 15) is 4.79 Å².